The molecule has 1 aromatic carbocycles. The van der Waals surface area contributed by atoms with E-state index in [1.54, 1.807) is 14.1 Å². The van der Waals surface area contributed by atoms with Crippen LogP contribution in [0.5, 0.6) is 5.75 Å². The van der Waals surface area contributed by atoms with Gasteiger partial charge >= 0.3 is 0 Å². The second kappa shape index (κ2) is 3.24. The van der Waals surface area contributed by atoms with Crippen LogP contribution in [-0.4, -0.2) is 30.6 Å². The van der Waals surface area contributed by atoms with Crippen LogP contribution >= 0.6 is 0 Å². The van der Waals surface area contributed by atoms with E-state index in [0.717, 1.165) is 5.56 Å². The summed E-state index contributed by atoms with van der Waals surface area (Å²) in [6.45, 7) is 0. The Morgan fingerprint density at radius 1 is 1.47 bits per heavy atom. The van der Waals surface area contributed by atoms with Crippen LogP contribution in [0, 0.1) is 0 Å². The number of hydrogen-bond donors (Lipinski definition) is 1. The number of amides is 1. The van der Waals surface area contributed by atoms with Crippen LogP contribution in [0.4, 0.5) is 0 Å². The zero-order valence-electron chi connectivity index (χ0n) is 8.86. The molecule has 2 N–H and O–H groups in total. The Morgan fingerprint density at radius 3 is 2.73 bits per heavy atom. The molecule has 80 valence electrons. The summed E-state index contributed by atoms with van der Waals surface area (Å²) in [6.07, 6.45) is 0.431. The molecule has 2 rings (SSSR count). The minimum atomic E-state index is -1.23. The number of rotatable bonds is 1. The van der Waals surface area contributed by atoms with Crippen molar-refractivity contribution in [2.45, 2.75) is 12.1 Å². The summed E-state index contributed by atoms with van der Waals surface area (Å²) in [6, 6.07) is 7.53. The average molecular weight is 206 g/mol. The molecule has 4 nitrogen and oxygen atoms in total. The fraction of sp³-hybridized carbons (Fsp3) is 0.364. The maximum atomic E-state index is 11.8. The highest BCUT2D eigenvalue weighted by Gasteiger charge is 2.43. The van der Waals surface area contributed by atoms with Crippen LogP contribution in [0.25, 0.3) is 0 Å². The van der Waals surface area contributed by atoms with E-state index in [-0.39, 0.29) is 5.91 Å². The van der Waals surface area contributed by atoms with Crippen molar-refractivity contribution in [3.63, 3.8) is 0 Å². The minimum Gasteiger partial charge on any atom is -0.463 e. The van der Waals surface area contributed by atoms with Crippen LogP contribution < -0.4 is 10.5 Å². The molecule has 15 heavy (non-hydrogen) atoms. The van der Waals surface area contributed by atoms with Crippen molar-refractivity contribution < 1.29 is 9.53 Å². The van der Waals surface area contributed by atoms with Gasteiger partial charge in [-0.15, -0.1) is 0 Å². The Bertz CT molecular complexity index is 376. The van der Waals surface area contributed by atoms with Crippen LogP contribution in [0.15, 0.2) is 24.3 Å². The number of carbonyl (C=O) groups excluding carboxylic acids is 1. The summed E-state index contributed by atoms with van der Waals surface area (Å²) < 4.78 is 5.50. The van der Waals surface area contributed by atoms with E-state index in [4.69, 9.17) is 10.5 Å². The van der Waals surface area contributed by atoms with Gasteiger partial charge in [-0.2, -0.15) is 0 Å². The van der Waals surface area contributed by atoms with E-state index >= 15 is 0 Å². The molecule has 1 aliphatic rings. The summed E-state index contributed by atoms with van der Waals surface area (Å²) in [5.41, 5.74) is 5.69. The highest BCUT2D eigenvalue weighted by Crippen LogP contribution is 2.32. The van der Waals surface area contributed by atoms with Gasteiger partial charge in [0.25, 0.3) is 5.91 Å². The zero-order chi connectivity index (χ0) is 11.1. The Morgan fingerprint density at radius 2 is 2.13 bits per heavy atom. The third-order valence-corrected chi connectivity index (χ3v) is 2.49. The van der Waals surface area contributed by atoms with Gasteiger partial charge in [0.05, 0.1) is 0 Å². The van der Waals surface area contributed by atoms with Crippen molar-refractivity contribution in [1.29, 1.82) is 0 Å². The summed E-state index contributed by atoms with van der Waals surface area (Å²) in [5, 5.41) is 0. The van der Waals surface area contributed by atoms with E-state index in [2.05, 4.69) is 0 Å². The van der Waals surface area contributed by atoms with Gasteiger partial charge in [-0.05, 0) is 6.07 Å². The van der Waals surface area contributed by atoms with Gasteiger partial charge in [-0.25, -0.2) is 0 Å². The molecule has 0 radical (unpaired) electrons. The first-order valence-corrected chi connectivity index (χ1v) is 4.80. The van der Waals surface area contributed by atoms with E-state index in [0.29, 0.717) is 12.2 Å². The zero-order valence-corrected chi connectivity index (χ0v) is 8.86. The van der Waals surface area contributed by atoms with Crippen LogP contribution in [0.2, 0.25) is 0 Å². The maximum absolute atomic E-state index is 11.8. The Balaban J connectivity index is 2.28. The Kier molecular flexibility index (Phi) is 2.16. The lowest BCUT2D eigenvalue weighted by molar-refractivity contribution is -0.143. The van der Waals surface area contributed by atoms with Gasteiger partial charge in [0.1, 0.15) is 5.75 Å². The predicted octanol–water partition coefficient (Wildman–Crippen LogP) is 0.365. The standard InChI is InChI=1S/C11H14N2O2/c1-13(2)10(14)11(12)7-8-5-3-4-6-9(8)15-11/h3-6H,7,12H2,1-2H3. The van der Waals surface area contributed by atoms with E-state index in [9.17, 15) is 4.79 Å². The molecule has 0 aliphatic carbocycles. The normalized spacial score (nSPS) is 23.1. The number of nitrogens with zero attached hydrogens (tertiary/aromatic N) is 1. The molecule has 0 fully saturated rings. The third kappa shape index (κ3) is 1.57. The monoisotopic (exact) mass is 206 g/mol. The molecule has 0 saturated carbocycles. The summed E-state index contributed by atoms with van der Waals surface area (Å²) in [4.78, 5) is 13.3. The first-order valence-electron chi connectivity index (χ1n) is 4.80. The summed E-state index contributed by atoms with van der Waals surface area (Å²) in [7, 11) is 3.34. The van der Waals surface area contributed by atoms with Crippen LogP contribution in [0.1, 0.15) is 5.56 Å². The van der Waals surface area contributed by atoms with Crippen molar-refractivity contribution in [3.05, 3.63) is 29.8 Å². The smallest absolute Gasteiger partial charge is 0.282 e. The van der Waals surface area contributed by atoms with Crippen molar-refractivity contribution in [3.8, 4) is 5.75 Å². The molecule has 0 spiro atoms. The lowest BCUT2D eigenvalue weighted by Gasteiger charge is -2.25. The van der Waals surface area contributed by atoms with Gasteiger partial charge in [-0.1, -0.05) is 18.2 Å². The van der Waals surface area contributed by atoms with Gasteiger partial charge in [0.15, 0.2) is 0 Å². The summed E-state index contributed by atoms with van der Waals surface area (Å²) in [5.74, 6) is 0.494. The van der Waals surface area contributed by atoms with Crippen molar-refractivity contribution in [2.24, 2.45) is 5.73 Å². The van der Waals surface area contributed by atoms with Gasteiger partial charge in [0.2, 0.25) is 5.72 Å². The van der Waals surface area contributed by atoms with E-state index < -0.39 is 5.72 Å². The number of hydrogen-bond acceptors (Lipinski definition) is 3. The Labute approximate surface area is 88.6 Å². The number of fused-ring (bicyclic) bond motifs is 1. The first kappa shape index (κ1) is 9.98. The molecule has 0 aromatic heterocycles. The number of para-hydroxylation sites is 1. The van der Waals surface area contributed by atoms with Crippen molar-refractivity contribution in [1.82, 2.24) is 4.90 Å². The van der Waals surface area contributed by atoms with Crippen molar-refractivity contribution in [2.75, 3.05) is 14.1 Å². The predicted molar refractivity (Wildman–Crippen MR) is 56.4 cm³/mol. The van der Waals surface area contributed by atoms with Gasteiger partial charge < -0.3 is 9.64 Å². The van der Waals surface area contributed by atoms with Gasteiger partial charge in [-0.3, -0.25) is 10.5 Å². The molecular formula is C11H14N2O2. The van der Waals surface area contributed by atoms with E-state index in [1.165, 1.54) is 4.90 Å². The molecule has 1 unspecified atom stereocenters. The fourth-order valence-electron chi connectivity index (χ4n) is 1.76. The molecule has 1 aliphatic heterocycles. The quantitative estimate of drug-likeness (QED) is 0.722. The minimum absolute atomic E-state index is 0.210. The molecule has 1 amide bonds. The number of carbonyl (C=O) groups is 1. The second-order valence-electron chi connectivity index (χ2n) is 3.98. The molecule has 1 heterocycles. The molecule has 1 atom stereocenters. The topological polar surface area (TPSA) is 55.6 Å². The number of benzene rings is 1. The third-order valence-electron chi connectivity index (χ3n) is 2.49. The first-order chi connectivity index (χ1) is 7.03. The van der Waals surface area contributed by atoms with E-state index in [1.807, 2.05) is 24.3 Å². The van der Waals surface area contributed by atoms with Crippen molar-refractivity contribution >= 4 is 5.91 Å². The van der Waals surface area contributed by atoms with Gasteiger partial charge in [0, 0.05) is 26.1 Å². The highest BCUT2D eigenvalue weighted by atomic mass is 16.5. The molecule has 0 bridgehead atoms. The molecule has 4 heteroatoms. The average Bonchev–Trinajstić information content (AvgIpc) is 2.54. The largest absolute Gasteiger partial charge is 0.463 e. The lowest BCUT2D eigenvalue weighted by atomic mass is 10.1. The lowest BCUT2D eigenvalue weighted by Crippen LogP contribution is -2.57. The SMILES string of the molecule is CN(C)C(=O)C1(N)Cc2ccccc2O1. The molecule has 1 aromatic rings. The highest BCUT2D eigenvalue weighted by molar-refractivity contribution is 5.86. The number of likely N-dealkylation sites (N-methyl/N-ethyl adjacent to an activating group) is 1. The number of nitrogens with two attached hydrogens (primary N) is 1. The summed E-state index contributed by atoms with van der Waals surface area (Å²) >= 11 is 0. The second-order valence-corrected chi connectivity index (χ2v) is 3.98. The van der Waals surface area contributed by atoms with Crippen LogP contribution in [0.3, 0.4) is 0 Å². The maximum Gasteiger partial charge on any atom is 0.282 e. The fourth-order valence-corrected chi connectivity index (χ4v) is 1.76. The number of ether oxygens (including phenoxy) is 1. The molecular weight excluding hydrogens is 192 g/mol. The Hall–Kier alpha value is -1.55. The molecule has 0 saturated heterocycles. The van der Waals surface area contributed by atoms with Crippen LogP contribution in [-0.2, 0) is 11.2 Å².